The summed E-state index contributed by atoms with van der Waals surface area (Å²) in [6.45, 7) is 5.72. The maximum absolute atomic E-state index is 13.8. The minimum atomic E-state index is -0.278. The molecule has 138 valence electrons. The van der Waals surface area contributed by atoms with Crippen molar-refractivity contribution < 1.29 is 4.39 Å². The Bertz CT molecular complexity index is 704. The van der Waals surface area contributed by atoms with Crippen molar-refractivity contribution in [1.82, 2.24) is 19.8 Å². The summed E-state index contributed by atoms with van der Waals surface area (Å²) in [5.74, 6) is 0.177. The van der Waals surface area contributed by atoms with Crippen LogP contribution in [-0.4, -0.2) is 52.0 Å². The van der Waals surface area contributed by atoms with Crippen LogP contribution in [0.3, 0.4) is 0 Å². The summed E-state index contributed by atoms with van der Waals surface area (Å²) in [7, 11) is 0. The van der Waals surface area contributed by atoms with Crippen molar-refractivity contribution in [2.75, 3.05) is 26.2 Å². The molecule has 26 heavy (non-hydrogen) atoms. The molecule has 5 heteroatoms. The SMILES string of the molecule is Fc1ccccc1-c1ncc(CN2CCC(N3CCCCC3)CC2)cn1. The van der Waals surface area contributed by atoms with Gasteiger partial charge in [0.1, 0.15) is 5.82 Å². The van der Waals surface area contributed by atoms with E-state index >= 15 is 0 Å². The molecular weight excluding hydrogens is 327 g/mol. The first-order chi connectivity index (χ1) is 12.8. The summed E-state index contributed by atoms with van der Waals surface area (Å²) in [4.78, 5) is 13.9. The van der Waals surface area contributed by atoms with E-state index in [4.69, 9.17) is 0 Å². The molecule has 0 aliphatic carbocycles. The Balaban J connectivity index is 1.32. The van der Waals surface area contributed by atoms with E-state index in [0.717, 1.165) is 31.2 Å². The predicted molar refractivity (Wildman–Crippen MR) is 101 cm³/mol. The number of aromatic nitrogens is 2. The zero-order valence-corrected chi connectivity index (χ0v) is 15.3. The number of hydrogen-bond acceptors (Lipinski definition) is 4. The number of hydrogen-bond donors (Lipinski definition) is 0. The molecule has 3 heterocycles. The Hall–Kier alpha value is -1.85. The van der Waals surface area contributed by atoms with E-state index in [-0.39, 0.29) is 5.82 Å². The van der Waals surface area contributed by atoms with Crippen LogP contribution in [0.5, 0.6) is 0 Å². The van der Waals surface area contributed by atoms with Crippen LogP contribution in [0, 0.1) is 5.82 Å². The first-order valence-electron chi connectivity index (χ1n) is 9.82. The number of piperidine rings is 2. The summed E-state index contributed by atoms with van der Waals surface area (Å²) in [6.07, 6.45) is 10.3. The van der Waals surface area contributed by atoms with Gasteiger partial charge in [0.2, 0.25) is 0 Å². The average Bonchev–Trinajstić information content (AvgIpc) is 2.70. The lowest BCUT2D eigenvalue weighted by atomic mass is 10.00. The van der Waals surface area contributed by atoms with Gasteiger partial charge in [-0.3, -0.25) is 4.90 Å². The molecule has 0 radical (unpaired) electrons. The third kappa shape index (κ3) is 4.10. The Labute approximate surface area is 155 Å². The second-order valence-corrected chi connectivity index (χ2v) is 7.50. The van der Waals surface area contributed by atoms with Crippen molar-refractivity contribution in [3.8, 4) is 11.4 Å². The molecule has 2 aromatic rings. The van der Waals surface area contributed by atoms with Gasteiger partial charge in [0.15, 0.2) is 5.82 Å². The standard InChI is InChI=1S/C21H27FN4/c22-20-7-3-2-6-19(20)21-23-14-17(15-24-21)16-25-12-8-18(9-13-25)26-10-4-1-5-11-26/h2-3,6-7,14-15,18H,1,4-5,8-13,16H2. The highest BCUT2D eigenvalue weighted by Crippen LogP contribution is 2.22. The second kappa shape index (κ2) is 8.23. The predicted octanol–water partition coefficient (Wildman–Crippen LogP) is 3.73. The molecule has 2 aliphatic rings. The lowest BCUT2D eigenvalue weighted by Gasteiger charge is -2.40. The monoisotopic (exact) mass is 354 g/mol. The van der Waals surface area contributed by atoms with E-state index in [1.54, 1.807) is 12.1 Å². The second-order valence-electron chi connectivity index (χ2n) is 7.50. The number of nitrogens with zero attached hydrogens (tertiary/aromatic N) is 4. The molecule has 2 saturated heterocycles. The Morgan fingerprint density at radius 1 is 0.923 bits per heavy atom. The van der Waals surface area contributed by atoms with Crippen molar-refractivity contribution in [1.29, 1.82) is 0 Å². The third-order valence-electron chi connectivity index (χ3n) is 5.69. The van der Waals surface area contributed by atoms with Crippen molar-refractivity contribution in [2.45, 2.75) is 44.7 Å². The van der Waals surface area contributed by atoms with Gasteiger partial charge >= 0.3 is 0 Å². The molecular formula is C21H27FN4. The molecule has 0 spiro atoms. The first-order valence-corrected chi connectivity index (χ1v) is 9.82. The van der Waals surface area contributed by atoms with Crippen molar-refractivity contribution in [3.05, 3.63) is 48.0 Å². The van der Waals surface area contributed by atoms with E-state index in [1.807, 2.05) is 18.5 Å². The van der Waals surface area contributed by atoms with Crippen LogP contribution in [0.4, 0.5) is 4.39 Å². The van der Waals surface area contributed by atoms with Gasteiger partial charge in [-0.15, -0.1) is 0 Å². The van der Waals surface area contributed by atoms with Gasteiger partial charge in [0.05, 0.1) is 5.56 Å². The normalized spacial score (nSPS) is 20.3. The van der Waals surface area contributed by atoms with E-state index < -0.39 is 0 Å². The molecule has 0 unspecified atom stereocenters. The molecule has 1 aromatic heterocycles. The zero-order valence-electron chi connectivity index (χ0n) is 15.3. The maximum Gasteiger partial charge on any atom is 0.162 e. The Morgan fingerprint density at radius 3 is 2.31 bits per heavy atom. The fraction of sp³-hybridized carbons (Fsp3) is 0.524. The highest BCUT2D eigenvalue weighted by Gasteiger charge is 2.25. The average molecular weight is 354 g/mol. The summed E-state index contributed by atoms with van der Waals surface area (Å²) in [5.41, 5.74) is 1.56. The maximum atomic E-state index is 13.8. The minimum absolute atomic E-state index is 0.278. The van der Waals surface area contributed by atoms with Gasteiger partial charge in [-0.25, -0.2) is 14.4 Å². The van der Waals surface area contributed by atoms with Crippen LogP contribution >= 0.6 is 0 Å². The fourth-order valence-electron chi connectivity index (χ4n) is 4.20. The largest absolute Gasteiger partial charge is 0.300 e. The lowest BCUT2D eigenvalue weighted by Crippen LogP contribution is -2.46. The van der Waals surface area contributed by atoms with Crippen molar-refractivity contribution in [3.63, 3.8) is 0 Å². The van der Waals surface area contributed by atoms with Gasteiger partial charge in [-0.2, -0.15) is 0 Å². The third-order valence-corrected chi connectivity index (χ3v) is 5.69. The smallest absolute Gasteiger partial charge is 0.162 e. The zero-order chi connectivity index (χ0) is 17.8. The molecule has 2 aliphatic heterocycles. The Morgan fingerprint density at radius 2 is 1.62 bits per heavy atom. The molecule has 4 nitrogen and oxygen atoms in total. The summed E-state index contributed by atoms with van der Waals surface area (Å²) in [5, 5.41) is 0. The van der Waals surface area contributed by atoms with Gasteiger partial charge in [0.25, 0.3) is 0 Å². The fourth-order valence-corrected chi connectivity index (χ4v) is 4.20. The molecule has 4 rings (SSSR count). The molecule has 2 fully saturated rings. The summed E-state index contributed by atoms with van der Waals surface area (Å²) in [6, 6.07) is 7.42. The lowest BCUT2D eigenvalue weighted by molar-refractivity contribution is 0.0896. The number of halogens is 1. The van der Waals surface area contributed by atoms with E-state index in [1.165, 1.54) is 51.3 Å². The van der Waals surface area contributed by atoms with Gasteiger partial charge in [-0.05, 0) is 64.0 Å². The quantitative estimate of drug-likeness (QED) is 0.837. The topological polar surface area (TPSA) is 32.3 Å². The van der Waals surface area contributed by atoms with Crippen LogP contribution in [0.15, 0.2) is 36.7 Å². The van der Waals surface area contributed by atoms with Gasteiger partial charge in [0, 0.05) is 30.5 Å². The summed E-state index contributed by atoms with van der Waals surface area (Å²) >= 11 is 0. The number of rotatable bonds is 4. The Kier molecular flexibility index (Phi) is 5.56. The molecule has 0 bridgehead atoms. The van der Waals surface area contributed by atoms with E-state index in [0.29, 0.717) is 11.4 Å². The number of benzene rings is 1. The van der Waals surface area contributed by atoms with Crippen LogP contribution in [0.2, 0.25) is 0 Å². The number of likely N-dealkylation sites (tertiary alicyclic amines) is 2. The highest BCUT2D eigenvalue weighted by molar-refractivity contribution is 5.55. The van der Waals surface area contributed by atoms with E-state index in [2.05, 4.69) is 19.8 Å². The van der Waals surface area contributed by atoms with Crippen LogP contribution < -0.4 is 0 Å². The van der Waals surface area contributed by atoms with Crippen LogP contribution in [0.25, 0.3) is 11.4 Å². The highest BCUT2D eigenvalue weighted by atomic mass is 19.1. The van der Waals surface area contributed by atoms with Crippen LogP contribution in [0.1, 0.15) is 37.7 Å². The molecule has 0 amide bonds. The molecule has 1 aromatic carbocycles. The van der Waals surface area contributed by atoms with Crippen LogP contribution in [-0.2, 0) is 6.54 Å². The van der Waals surface area contributed by atoms with Gasteiger partial charge in [-0.1, -0.05) is 18.6 Å². The minimum Gasteiger partial charge on any atom is -0.300 e. The molecule has 0 saturated carbocycles. The van der Waals surface area contributed by atoms with E-state index in [9.17, 15) is 4.39 Å². The molecule has 0 N–H and O–H groups in total. The van der Waals surface area contributed by atoms with Crippen molar-refractivity contribution >= 4 is 0 Å². The first kappa shape index (κ1) is 17.6. The summed E-state index contributed by atoms with van der Waals surface area (Å²) < 4.78 is 13.8. The molecule has 0 atom stereocenters. The van der Waals surface area contributed by atoms with Crippen molar-refractivity contribution in [2.24, 2.45) is 0 Å². The van der Waals surface area contributed by atoms with Gasteiger partial charge < -0.3 is 4.90 Å².